The Bertz CT molecular complexity index is 1660. The van der Waals surface area contributed by atoms with Crippen LogP contribution in [0.15, 0.2) is 48.9 Å². The molecule has 1 saturated heterocycles. The summed E-state index contributed by atoms with van der Waals surface area (Å²) in [4.78, 5) is 34.6. The first-order chi connectivity index (χ1) is 19.3. The maximum absolute atomic E-state index is 14.9. The van der Waals surface area contributed by atoms with E-state index in [1.165, 1.54) is 24.5 Å². The summed E-state index contributed by atoms with van der Waals surface area (Å²) >= 11 is 0. The zero-order valence-electron chi connectivity index (χ0n) is 21.4. The molecular formula is C28H24F2N6O4. The number of halogens is 2. The number of anilines is 2. The monoisotopic (exact) mass is 546 g/mol. The third kappa shape index (κ3) is 5.01. The van der Waals surface area contributed by atoms with Gasteiger partial charge >= 0.3 is 5.97 Å². The lowest BCUT2D eigenvalue weighted by atomic mass is 9.96. The molecule has 2 aromatic carbocycles. The summed E-state index contributed by atoms with van der Waals surface area (Å²) in [7, 11) is 0. The van der Waals surface area contributed by atoms with Crippen molar-refractivity contribution in [2.75, 3.05) is 25.0 Å². The SMILES string of the molecule is Cc1cc(Nc2nccn3c(-c4ccc(OCC#N)c(F)c4F)cnc23)ccc1C(=O)N1CCC(C(=O)O)CC1. The van der Waals surface area contributed by atoms with Crippen LogP contribution in [0.4, 0.5) is 20.3 Å². The van der Waals surface area contributed by atoms with E-state index in [0.717, 1.165) is 5.56 Å². The maximum atomic E-state index is 14.9. The molecule has 0 radical (unpaired) electrons. The summed E-state index contributed by atoms with van der Waals surface area (Å²) in [6, 6.07) is 9.54. The minimum atomic E-state index is -1.20. The molecule has 0 atom stereocenters. The molecule has 1 fully saturated rings. The Hall–Kier alpha value is -5.05. The van der Waals surface area contributed by atoms with Crippen molar-refractivity contribution in [2.45, 2.75) is 19.8 Å². The zero-order chi connectivity index (χ0) is 28.4. The number of carboxylic acid groups (broad SMARTS) is 1. The highest BCUT2D eigenvalue weighted by Crippen LogP contribution is 2.32. The number of nitrogens with zero attached hydrogens (tertiary/aromatic N) is 5. The Balaban J connectivity index is 1.37. The average molecular weight is 547 g/mol. The Morgan fingerprint density at radius 1 is 1.18 bits per heavy atom. The molecule has 1 aliphatic heterocycles. The first-order valence-electron chi connectivity index (χ1n) is 12.5. The molecule has 1 amide bonds. The van der Waals surface area contributed by atoms with E-state index >= 15 is 0 Å². The van der Waals surface area contributed by atoms with Crippen LogP contribution in [-0.2, 0) is 4.79 Å². The lowest BCUT2D eigenvalue weighted by molar-refractivity contribution is -0.143. The molecule has 40 heavy (non-hydrogen) atoms. The number of likely N-dealkylation sites (tertiary alicyclic amines) is 1. The van der Waals surface area contributed by atoms with Gasteiger partial charge in [0, 0.05) is 42.3 Å². The van der Waals surface area contributed by atoms with E-state index in [-0.39, 0.29) is 22.9 Å². The normalized spacial score (nSPS) is 13.7. The van der Waals surface area contributed by atoms with E-state index in [1.54, 1.807) is 39.8 Å². The fraction of sp³-hybridized carbons (Fsp3) is 0.250. The van der Waals surface area contributed by atoms with Gasteiger partial charge in [-0.1, -0.05) is 0 Å². The molecular weight excluding hydrogens is 522 g/mol. The van der Waals surface area contributed by atoms with Crippen LogP contribution in [-0.4, -0.2) is 55.9 Å². The summed E-state index contributed by atoms with van der Waals surface area (Å²) in [6.07, 6.45) is 5.32. The number of fused-ring (bicyclic) bond motifs is 1. The van der Waals surface area contributed by atoms with E-state index in [0.29, 0.717) is 48.6 Å². The molecule has 0 unspecified atom stereocenters. The van der Waals surface area contributed by atoms with Crippen molar-refractivity contribution in [3.63, 3.8) is 0 Å². The Kier molecular flexibility index (Phi) is 7.29. The van der Waals surface area contributed by atoms with Gasteiger partial charge in [0.2, 0.25) is 5.82 Å². The van der Waals surface area contributed by atoms with Crippen molar-refractivity contribution in [1.29, 1.82) is 5.26 Å². The van der Waals surface area contributed by atoms with Crippen molar-refractivity contribution < 1.29 is 28.2 Å². The second-order valence-corrected chi connectivity index (χ2v) is 9.36. The summed E-state index contributed by atoms with van der Waals surface area (Å²) < 4.78 is 35.9. The van der Waals surface area contributed by atoms with Crippen LogP contribution in [0.5, 0.6) is 5.75 Å². The standard InChI is InChI=1S/C28H24F2N6O4/c1-16-14-18(2-3-19(16)27(37)35-10-6-17(7-11-35)28(38)39)34-25-26-33-15-21(36(26)12-9-32-25)20-4-5-22(40-13-8-31)24(30)23(20)29/h2-5,9,12,14-15,17H,6-7,10-11,13H2,1H3,(H,32,34)(H,38,39). The van der Waals surface area contributed by atoms with Gasteiger partial charge in [0.05, 0.1) is 17.8 Å². The largest absolute Gasteiger partial charge is 0.481 e. The number of hydrogen-bond donors (Lipinski definition) is 2. The zero-order valence-corrected chi connectivity index (χ0v) is 21.4. The number of carboxylic acids is 1. The number of aryl methyl sites for hydroxylation is 1. The van der Waals surface area contributed by atoms with Crippen molar-refractivity contribution in [3.05, 3.63) is 71.7 Å². The quantitative estimate of drug-likeness (QED) is 0.345. The molecule has 2 N–H and O–H groups in total. The van der Waals surface area contributed by atoms with Gasteiger partial charge in [-0.2, -0.15) is 9.65 Å². The highest BCUT2D eigenvalue weighted by atomic mass is 19.2. The van der Waals surface area contributed by atoms with Gasteiger partial charge in [-0.15, -0.1) is 0 Å². The van der Waals surface area contributed by atoms with Crippen LogP contribution in [0, 0.1) is 35.8 Å². The van der Waals surface area contributed by atoms with Crippen LogP contribution in [0.1, 0.15) is 28.8 Å². The number of carbonyl (C=O) groups is 2. The second-order valence-electron chi connectivity index (χ2n) is 9.36. The van der Waals surface area contributed by atoms with Crippen molar-refractivity contribution >= 4 is 29.0 Å². The minimum Gasteiger partial charge on any atom is -0.481 e. The molecule has 4 aromatic rings. The molecule has 10 nitrogen and oxygen atoms in total. The number of imidazole rings is 1. The van der Waals surface area contributed by atoms with Crippen molar-refractivity contribution in [3.8, 4) is 23.1 Å². The molecule has 204 valence electrons. The van der Waals surface area contributed by atoms with Crippen LogP contribution >= 0.6 is 0 Å². The number of amides is 1. The molecule has 0 saturated carbocycles. The first kappa shape index (κ1) is 26.6. The molecule has 1 aliphatic rings. The number of benzene rings is 2. The number of ether oxygens (including phenoxy) is 1. The molecule has 0 spiro atoms. The predicted octanol–water partition coefficient (Wildman–Crippen LogP) is 4.57. The average Bonchev–Trinajstić information content (AvgIpc) is 3.38. The van der Waals surface area contributed by atoms with Gasteiger partial charge in [0.1, 0.15) is 6.07 Å². The van der Waals surface area contributed by atoms with Gasteiger partial charge < -0.3 is 20.1 Å². The lowest BCUT2D eigenvalue weighted by Gasteiger charge is -2.30. The number of aromatic nitrogens is 3. The van der Waals surface area contributed by atoms with E-state index in [2.05, 4.69) is 15.3 Å². The molecule has 0 aliphatic carbocycles. The molecule has 5 rings (SSSR count). The number of nitriles is 1. The van der Waals surface area contributed by atoms with Gasteiger partial charge in [-0.05, 0) is 55.7 Å². The van der Waals surface area contributed by atoms with E-state index in [9.17, 15) is 23.5 Å². The maximum Gasteiger partial charge on any atom is 0.306 e. The van der Waals surface area contributed by atoms with Gasteiger partial charge in [0.15, 0.2) is 29.6 Å². The number of aliphatic carboxylic acids is 1. The number of rotatable bonds is 7. The topological polar surface area (TPSA) is 133 Å². The third-order valence-corrected chi connectivity index (χ3v) is 6.89. The van der Waals surface area contributed by atoms with Gasteiger partial charge in [-0.3, -0.25) is 14.0 Å². The Morgan fingerprint density at radius 2 is 1.95 bits per heavy atom. The summed E-state index contributed by atoms with van der Waals surface area (Å²) in [5.74, 6) is -3.74. The predicted molar refractivity (Wildman–Crippen MR) is 140 cm³/mol. The third-order valence-electron chi connectivity index (χ3n) is 6.89. The highest BCUT2D eigenvalue weighted by molar-refractivity contribution is 5.96. The van der Waals surface area contributed by atoms with Crippen LogP contribution < -0.4 is 10.1 Å². The van der Waals surface area contributed by atoms with Crippen molar-refractivity contribution in [1.82, 2.24) is 19.3 Å². The summed E-state index contributed by atoms with van der Waals surface area (Å²) in [5.41, 5.74) is 2.49. The van der Waals surface area contributed by atoms with E-state index < -0.39 is 30.1 Å². The number of nitrogens with one attached hydrogen (secondary N) is 1. The minimum absolute atomic E-state index is 0.0439. The lowest BCUT2D eigenvalue weighted by Crippen LogP contribution is -2.40. The number of piperidine rings is 1. The van der Waals surface area contributed by atoms with E-state index in [4.69, 9.17) is 10.00 Å². The molecule has 2 aromatic heterocycles. The number of hydrogen-bond acceptors (Lipinski definition) is 7. The van der Waals surface area contributed by atoms with Crippen molar-refractivity contribution in [2.24, 2.45) is 5.92 Å². The second kappa shape index (κ2) is 11.0. The van der Waals surface area contributed by atoms with Crippen LogP contribution in [0.2, 0.25) is 0 Å². The summed E-state index contributed by atoms with van der Waals surface area (Å²) in [6.45, 7) is 2.18. The fourth-order valence-corrected chi connectivity index (χ4v) is 4.78. The van der Waals surface area contributed by atoms with Crippen LogP contribution in [0.25, 0.3) is 16.9 Å². The Morgan fingerprint density at radius 3 is 2.65 bits per heavy atom. The summed E-state index contributed by atoms with van der Waals surface area (Å²) in [5, 5.41) is 21.0. The van der Waals surface area contributed by atoms with Gasteiger partial charge in [0.25, 0.3) is 5.91 Å². The van der Waals surface area contributed by atoms with E-state index in [1.807, 2.05) is 6.92 Å². The van der Waals surface area contributed by atoms with Crippen LogP contribution in [0.3, 0.4) is 0 Å². The number of carbonyl (C=O) groups excluding carboxylic acids is 1. The smallest absolute Gasteiger partial charge is 0.306 e. The molecule has 12 heteroatoms. The molecule has 0 bridgehead atoms. The first-order valence-corrected chi connectivity index (χ1v) is 12.5. The highest BCUT2D eigenvalue weighted by Gasteiger charge is 2.28. The Labute approximate surface area is 227 Å². The fourth-order valence-electron chi connectivity index (χ4n) is 4.78. The molecule has 3 heterocycles. The van der Waals surface area contributed by atoms with Gasteiger partial charge in [-0.25, -0.2) is 14.4 Å².